The van der Waals surface area contributed by atoms with Gasteiger partial charge < -0.3 is 10.1 Å². The van der Waals surface area contributed by atoms with E-state index in [0.29, 0.717) is 13.0 Å². The van der Waals surface area contributed by atoms with Gasteiger partial charge in [-0.15, -0.1) is 0 Å². The molecule has 100 valence electrons. The first-order valence-electron chi connectivity index (χ1n) is 7.00. The Labute approximate surface area is 105 Å². The Bertz CT molecular complexity index is 238. The minimum atomic E-state index is -0.0760. The van der Waals surface area contributed by atoms with Gasteiger partial charge in [-0.2, -0.15) is 0 Å². The molecular formula is C14H27NO2. The molecule has 1 N–H and O–H groups in total. The minimum absolute atomic E-state index is 0.0714. The summed E-state index contributed by atoms with van der Waals surface area (Å²) in [6.07, 6.45) is 6.71. The van der Waals surface area contributed by atoms with Crippen LogP contribution in [-0.2, 0) is 9.53 Å². The molecule has 1 rings (SSSR count). The Hall–Kier alpha value is -0.570. The van der Waals surface area contributed by atoms with Gasteiger partial charge in [0.15, 0.2) is 0 Å². The van der Waals surface area contributed by atoms with Gasteiger partial charge in [0.1, 0.15) is 0 Å². The molecule has 0 aromatic rings. The fraction of sp³-hybridized carbons (Fsp3) is 0.929. The van der Waals surface area contributed by atoms with Crippen molar-refractivity contribution in [3.63, 3.8) is 0 Å². The molecule has 0 saturated heterocycles. The smallest absolute Gasteiger partial charge is 0.307 e. The number of hydrogen-bond acceptors (Lipinski definition) is 3. The van der Waals surface area contributed by atoms with Crippen LogP contribution in [-0.4, -0.2) is 24.7 Å². The van der Waals surface area contributed by atoms with Gasteiger partial charge in [0.25, 0.3) is 0 Å². The minimum Gasteiger partial charge on any atom is -0.466 e. The Kier molecular flexibility index (Phi) is 5.96. The Morgan fingerprint density at radius 2 is 2.12 bits per heavy atom. The highest BCUT2D eigenvalue weighted by Crippen LogP contribution is 2.35. The monoisotopic (exact) mass is 241 g/mol. The van der Waals surface area contributed by atoms with Gasteiger partial charge in [-0.05, 0) is 39.2 Å². The fourth-order valence-corrected chi connectivity index (χ4v) is 2.50. The van der Waals surface area contributed by atoms with E-state index >= 15 is 0 Å². The highest BCUT2D eigenvalue weighted by molar-refractivity contribution is 5.70. The second-order valence-electron chi connectivity index (χ2n) is 5.47. The summed E-state index contributed by atoms with van der Waals surface area (Å²) in [7, 11) is 0. The van der Waals surface area contributed by atoms with E-state index in [1.165, 1.54) is 19.3 Å². The molecule has 0 radical (unpaired) electrons. The number of carbonyl (C=O) groups is 1. The second-order valence-corrected chi connectivity index (χ2v) is 5.47. The van der Waals surface area contributed by atoms with Crippen LogP contribution in [0.4, 0.5) is 0 Å². The van der Waals surface area contributed by atoms with Crippen LogP contribution in [0.5, 0.6) is 0 Å². The maximum absolute atomic E-state index is 11.6. The van der Waals surface area contributed by atoms with Crippen molar-refractivity contribution in [1.82, 2.24) is 5.32 Å². The largest absolute Gasteiger partial charge is 0.466 e. The van der Waals surface area contributed by atoms with Crippen LogP contribution in [0.2, 0.25) is 0 Å². The summed E-state index contributed by atoms with van der Waals surface area (Å²) in [4.78, 5) is 11.6. The van der Waals surface area contributed by atoms with Crippen molar-refractivity contribution in [2.75, 3.05) is 13.2 Å². The van der Waals surface area contributed by atoms with Gasteiger partial charge in [0, 0.05) is 5.54 Å². The molecule has 1 aliphatic rings. The third-order valence-electron chi connectivity index (χ3n) is 3.61. The van der Waals surface area contributed by atoms with E-state index < -0.39 is 0 Å². The van der Waals surface area contributed by atoms with Crippen LogP contribution in [0.25, 0.3) is 0 Å². The van der Waals surface area contributed by atoms with E-state index in [-0.39, 0.29) is 11.5 Å². The average molecular weight is 241 g/mol. The zero-order valence-electron chi connectivity index (χ0n) is 11.6. The number of esters is 1. The van der Waals surface area contributed by atoms with Crippen LogP contribution < -0.4 is 5.32 Å². The van der Waals surface area contributed by atoms with Crippen molar-refractivity contribution in [2.24, 2.45) is 5.92 Å². The van der Waals surface area contributed by atoms with Gasteiger partial charge in [-0.3, -0.25) is 4.79 Å². The molecule has 0 spiro atoms. The van der Waals surface area contributed by atoms with E-state index in [0.717, 1.165) is 25.3 Å². The standard InChI is InChI=1S/C14H27NO2/c1-4-9-15-14(3,10-12-7-6-8-12)11-13(16)17-5-2/h12,15H,4-11H2,1-3H3. The molecule has 1 unspecified atom stereocenters. The first-order chi connectivity index (χ1) is 8.09. The molecule has 3 heteroatoms. The topological polar surface area (TPSA) is 38.3 Å². The summed E-state index contributed by atoms with van der Waals surface area (Å²) in [6, 6.07) is 0. The number of carbonyl (C=O) groups excluding carboxylic acids is 1. The van der Waals surface area contributed by atoms with E-state index in [4.69, 9.17) is 4.74 Å². The van der Waals surface area contributed by atoms with Crippen molar-refractivity contribution in [2.45, 2.75) is 64.8 Å². The normalized spacial score (nSPS) is 19.5. The molecule has 0 aromatic heterocycles. The van der Waals surface area contributed by atoms with Gasteiger partial charge in [0.2, 0.25) is 0 Å². The van der Waals surface area contributed by atoms with E-state index in [9.17, 15) is 4.79 Å². The highest BCUT2D eigenvalue weighted by atomic mass is 16.5. The summed E-state index contributed by atoms with van der Waals surface area (Å²) in [5.74, 6) is 0.733. The molecular weight excluding hydrogens is 214 g/mol. The van der Waals surface area contributed by atoms with Crippen LogP contribution in [0.15, 0.2) is 0 Å². The Morgan fingerprint density at radius 1 is 1.41 bits per heavy atom. The third-order valence-corrected chi connectivity index (χ3v) is 3.61. The molecule has 3 nitrogen and oxygen atoms in total. The Balaban J connectivity index is 2.46. The van der Waals surface area contributed by atoms with Crippen molar-refractivity contribution in [3.05, 3.63) is 0 Å². The lowest BCUT2D eigenvalue weighted by atomic mass is 9.75. The predicted molar refractivity (Wildman–Crippen MR) is 69.9 cm³/mol. The molecule has 1 fully saturated rings. The summed E-state index contributed by atoms with van der Waals surface area (Å²) in [5, 5.41) is 3.53. The van der Waals surface area contributed by atoms with Crippen molar-refractivity contribution < 1.29 is 9.53 Å². The SMILES string of the molecule is CCCNC(C)(CC(=O)OCC)CC1CCC1. The zero-order chi connectivity index (χ0) is 12.7. The van der Waals surface area contributed by atoms with Crippen LogP contribution >= 0.6 is 0 Å². The van der Waals surface area contributed by atoms with Gasteiger partial charge in [-0.1, -0.05) is 26.2 Å². The molecule has 1 saturated carbocycles. The molecule has 0 aromatic carbocycles. The molecule has 0 aliphatic heterocycles. The average Bonchev–Trinajstić information content (AvgIpc) is 2.21. The third kappa shape index (κ3) is 5.07. The molecule has 0 heterocycles. The highest BCUT2D eigenvalue weighted by Gasteiger charge is 2.32. The van der Waals surface area contributed by atoms with Crippen molar-refractivity contribution in [3.8, 4) is 0 Å². The Morgan fingerprint density at radius 3 is 2.59 bits per heavy atom. The number of hydrogen-bond donors (Lipinski definition) is 1. The van der Waals surface area contributed by atoms with E-state index in [1.54, 1.807) is 0 Å². The maximum Gasteiger partial charge on any atom is 0.307 e. The van der Waals surface area contributed by atoms with Crippen LogP contribution in [0.1, 0.15) is 59.3 Å². The maximum atomic E-state index is 11.6. The second kappa shape index (κ2) is 7.00. The van der Waals surface area contributed by atoms with Gasteiger partial charge >= 0.3 is 5.97 Å². The van der Waals surface area contributed by atoms with Crippen molar-refractivity contribution in [1.29, 1.82) is 0 Å². The lowest BCUT2D eigenvalue weighted by Gasteiger charge is -2.37. The number of nitrogens with one attached hydrogen (secondary N) is 1. The van der Waals surface area contributed by atoms with Crippen molar-refractivity contribution >= 4 is 5.97 Å². The number of rotatable bonds is 8. The quantitative estimate of drug-likeness (QED) is 0.664. The molecule has 1 aliphatic carbocycles. The molecule has 17 heavy (non-hydrogen) atoms. The van der Waals surface area contributed by atoms with E-state index in [2.05, 4.69) is 19.2 Å². The summed E-state index contributed by atoms with van der Waals surface area (Å²) in [6.45, 7) is 7.63. The first-order valence-corrected chi connectivity index (χ1v) is 7.00. The molecule has 1 atom stereocenters. The molecule has 0 amide bonds. The lowest BCUT2D eigenvalue weighted by Crippen LogP contribution is -2.47. The zero-order valence-corrected chi connectivity index (χ0v) is 11.6. The number of ether oxygens (including phenoxy) is 1. The van der Waals surface area contributed by atoms with Gasteiger partial charge in [-0.25, -0.2) is 0 Å². The van der Waals surface area contributed by atoms with Crippen LogP contribution in [0, 0.1) is 5.92 Å². The lowest BCUT2D eigenvalue weighted by molar-refractivity contribution is -0.145. The van der Waals surface area contributed by atoms with E-state index in [1.807, 2.05) is 6.92 Å². The summed E-state index contributed by atoms with van der Waals surface area (Å²) >= 11 is 0. The first kappa shape index (κ1) is 14.5. The predicted octanol–water partition coefficient (Wildman–Crippen LogP) is 2.89. The fourth-order valence-electron chi connectivity index (χ4n) is 2.50. The van der Waals surface area contributed by atoms with Gasteiger partial charge in [0.05, 0.1) is 13.0 Å². The van der Waals surface area contributed by atoms with Crippen LogP contribution in [0.3, 0.4) is 0 Å². The molecule has 0 bridgehead atoms. The summed E-state index contributed by atoms with van der Waals surface area (Å²) in [5.41, 5.74) is -0.0760. The summed E-state index contributed by atoms with van der Waals surface area (Å²) < 4.78 is 5.07.